The van der Waals surface area contributed by atoms with Crippen molar-refractivity contribution in [1.82, 2.24) is 19.6 Å². The fraction of sp³-hybridized carbons (Fsp3) is 0. The van der Waals surface area contributed by atoms with Gasteiger partial charge in [-0.15, -0.1) is 20.4 Å². The Morgan fingerprint density at radius 2 is 2.00 bits per heavy atom. The summed E-state index contributed by atoms with van der Waals surface area (Å²) in [6.07, 6.45) is 8.19. The number of aromatic nitrogens is 4. The summed E-state index contributed by atoms with van der Waals surface area (Å²) in [4.78, 5) is 13.5. The highest BCUT2D eigenvalue weighted by Gasteiger charge is 2.25. The predicted octanol–water partition coefficient (Wildman–Crippen LogP) is 2.06. The second kappa shape index (κ2) is 5.26. The van der Waals surface area contributed by atoms with Gasteiger partial charge in [-0.2, -0.15) is 0 Å². The molecule has 0 fully saturated rings. The molecule has 30 heavy (non-hydrogen) atoms. The summed E-state index contributed by atoms with van der Waals surface area (Å²) >= 11 is 0. The molecule has 3 aromatic heterocycles. The monoisotopic (exact) mass is 394 g/mol. The Morgan fingerprint density at radius 3 is 2.93 bits per heavy atom. The summed E-state index contributed by atoms with van der Waals surface area (Å²) in [6.45, 7) is 0. The van der Waals surface area contributed by atoms with E-state index in [2.05, 4.69) is 25.6 Å². The van der Waals surface area contributed by atoms with Crippen LogP contribution in [-0.2, 0) is 4.79 Å². The maximum absolute atomic E-state index is 12.0. The number of hydrogen-bond donors (Lipinski definition) is 0. The third-order valence-electron chi connectivity index (χ3n) is 5.36. The first-order valence-electron chi connectivity index (χ1n) is 9.15. The highest BCUT2D eigenvalue weighted by molar-refractivity contribution is 5.96. The molecule has 5 heterocycles. The van der Waals surface area contributed by atoms with Gasteiger partial charge in [0.2, 0.25) is 12.3 Å². The SMILES string of the molecule is O=CN(C1=c2ccc3c(c2C=C1)N=NN=3)c1ccn(-c2nn3cc2-c2ccc-3o2)n1. The highest BCUT2D eigenvalue weighted by atomic mass is 16.4. The smallest absolute Gasteiger partial charge is 0.220 e. The van der Waals surface area contributed by atoms with E-state index in [1.54, 1.807) is 21.6 Å². The Bertz CT molecular complexity index is 1580. The molecule has 0 radical (unpaired) electrons. The number of carbonyl (C=O) groups is 1. The molecule has 10 heteroatoms. The molecule has 1 aromatic carbocycles. The van der Waals surface area contributed by atoms with Crippen LogP contribution in [0.3, 0.4) is 0 Å². The number of nitrogens with zero attached hydrogens (tertiary/aromatic N) is 8. The quantitative estimate of drug-likeness (QED) is 0.435. The van der Waals surface area contributed by atoms with Crippen molar-refractivity contribution in [2.24, 2.45) is 15.4 Å². The maximum atomic E-state index is 12.0. The van der Waals surface area contributed by atoms with E-state index >= 15 is 0 Å². The van der Waals surface area contributed by atoms with Gasteiger partial charge >= 0.3 is 0 Å². The Balaban J connectivity index is 1.34. The number of anilines is 1. The lowest BCUT2D eigenvalue weighted by Gasteiger charge is -2.14. The molecule has 0 unspecified atom stereocenters. The van der Waals surface area contributed by atoms with E-state index in [-0.39, 0.29) is 0 Å². The zero-order valence-electron chi connectivity index (χ0n) is 15.2. The van der Waals surface area contributed by atoms with E-state index in [1.807, 2.05) is 42.6 Å². The van der Waals surface area contributed by atoms with Crippen molar-refractivity contribution in [3.8, 4) is 23.0 Å². The second-order valence-corrected chi connectivity index (χ2v) is 6.95. The van der Waals surface area contributed by atoms with E-state index in [4.69, 9.17) is 4.42 Å². The van der Waals surface area contributed by atoms with Crippen LogP contribution in [0.25, 0.3) is 34.8 Å². The molecule has 142 valence electrons. The Kier molecular flexibility index (Phi) is 2.69. The lowest BCUT2D eigenvalue weighted by molar-refractivity contribution is -0.106. The molecule has 0 saturated heterocycles. The lowest BCUT2D eigenvalue weighted by atomic mass is 10.1. The molecular weight excluding hydrogens is 384 g/mol. The van der Waals surface area contributed by atoms with E-state index in [1.165, 1.54) is 4.90 Å². The topological polar surface area (TPSA) is 106 Å². The van der Waals surface area contributed by atoms with E-state index in [9.17, 15) is 4.79 Å². The van der Waals surface area contributed by atoms with Crippen LogP contribution in [0.5, 0.6) is 0 Å². The first-order valence-corrected chi connectivity index (χ1v) is 9.15. The van der Waals surface area contributed by atoms with Crippen LogP contribution < -0.4 is 15.5 Å². The molecule has 7 rings (SSSR count). The van der Waals surface area contributed by atoms with Crippen LogP contribution in [0.15, 0.2) is 68.7 Å². The Morgan fingerprint density at radius 1 is 1.03 bits per heavy atom. The third-order valence-corrected chi connectivity index (χ3v) is 5.36. The normalized spacial score (nSPS) is 14.1. The summed E-state index contributed by atoms with van der Waals surface area (Å²) in [5, 5.41) is 22.5. The molecule has 1 aliphatic carbocycles. The Hall–Kier alpha value is -4.60. The van der Waals surface area contributed by atoms with Crippen LogP contribution in [0.1, 0.15) is 5.56 Å². The molecule has 10 nitrogen and oxygen atoms in total. The Labute approximate surface area is 167 Å². The molecular formula is C20H10N8O2. The molecule has 0 N–H and O–H groups in total. The highest BCUT2D eigenvalue weighted by Crippen LogP contribution is 2.34. The molecule has 2 aliphatic heterocycles. The van der Waals surface area contributed by atoms with Crippen molar-refractivity contribution >= 4 is 29.7 Å². The molecule has 0 spiro atoms. The summed E-state index contributed by atoms with van der Waals surface area (Å²) in [5.74, 6) is 2.50. The van der Waals surface area contributed by atoms with Crippen LogP contribution in [0.2, 0.25) is 0 Å². The minimum absolute atomic E-state index is 0.475. The molecule has 0 atom stereocenters. The van der Waals surface area contributed by atoms with Gasteiger partial charge in [-0.25, -0.2) is 9.36 Å². The fourth-order valence-corrected chi connectivity index (χ4v) is 3.96. The fourth-order valence-electron chi connectivity index (χ4n) is 3.96. The average molecular weight is 394 g/mol. The molecule has 4 aromatic rings. The number of carbonyl (C=O) groups excluding carboxylic acids is 1. The number of benzene rings is 1. The van der Waals surface area contributed by atoms with Crippen molar-refractivity contribution in [2.75, 3.05) is 4.90 Å². The molecule has 4 bridgehead atoms. The largest absolute Gasteiger partial charge is 0.438 e. The summed E-state index contributed by atoms with van der Waals surface area (Å²) < 4.78 is 8.99. The average Bonchev–Trinajstić information content (AvgIpc) is 3.54. The first kappa shape index (κ1) is 15.3. The van der Waals surface area contributed by atoms with E-state index in [0.29, 0.717) is 28.9 Å². The number of furan rings is 1. The predicted molar refractivity (Wildman–Crippen MR) is 105 cm³/mol. The van der Waals surface area contributed by atoms with Gasteiger partial charge in [0.05, 0.1) is 11.3 Å². The van der Waals surface area contributed by atoms with Crippen LogP contribution in [0, 0.1) is 0 Å². The third kappa shape index (κ3) is 1.86. The van der Waals surface area contributed by atoms with Gasteiger partial charge in [-0.05, 0) is 35.6 Å². The van der Waals surface area contributed by atoms with Crippen LogP contribution >= 0.6 is 0 Å². The van der Waals surface area contributed by atoms with Crippen molar-refractivity contribution in [3.63, 3.8) is 0 Å². The first-order chi connectivity index (χ1) is 14.8. The van der Waals surface area contributed by atoms with Crippen LogP contribution in [0.4, 0.5) is 11.5 Å². The molecule has 0 saturated carbocycles. The van der Waals surface area contributed by atoms with Crippen LogP contribution in [-0.4, -0.2) is 26.0 Å². The standard InChI is InChI=1S/C20H10N8O2/c29-10-26(15-4-2-12-11(15)1-3-14-19(12)22-25-21-14)17-7-8-27(23-17)20-13-9-28(24-20)18-6-5-16(13)30-18/h1-10H. The van der Waals surface area contributed by atoms with E-state index < -0.39 is 0 Å². The van der Waals surface area contributed by atoms with Gasteiger partial charge in [0.15, 0.2) is 11.6 Å². The van der Waals surface area contributed by atoms with Crippen molar-refractivity contribution in [3.05, 3.63) is 64.9 Å². The van der Waals surface area contributed by atoms with Gasteiger partial charge in [0.25, 0.3) is 0 Å². The maximum Gasteiger partial charge on any atom is 0.220 e. The van der Waals surface area contributed by atoms with E-state index in [0.717, 1.165) is 33.9 Å². The lowest BCUT2D eigenvalue weighted by Crippen LogP contribution is -2.25. The molecule has 3 aliphatic rings. The van der Waals surface area contributed by atoms with Crippen molar-refractivity contribution in [1.29, 1.82) is 0 Å². The van der Waals surface area contributed by atoms with Gasteiger partial charge in [0, 0.05) is 35.3 Å². The van der Waals surface area contributed by atoms with Crippen molar-refractivity contribution in [2.45, 2.75) is 0 Å². The molecule has 1 amide bonds. The zero-order chi connectivity index (χ0) is 19.8. The number of hydrogen-bond acceptors (Lipinski definition) is 7. The second-order valence-electron chi connectivity index (χ2n) is 6.95. The van der Waals surface area contributed by atoms with Gasteiger partial charge in [-0.3, -0.25) is 9.69 Å². The minimum atomic E-state index is 0.475. The summed E-state index contributed by atoms with van der Waals surface area (Å²) in [6, 6.07) is 9.28. The summed E-state index contributed by atoms with van der Waals surface area (Å²) in [7, 11) is 0. The summed E-state index contributed by atoms with van der Waals surface area (Å²) in [5.41, 5.74) is 3.14. The van der Waals surface area contributed by atoms with Gasteiger partial charge < -0.3 is 4.42 Å². The van der Waals surface area contributed by atoms with Gasteiger partial charge in [-0.1, -0.05) is 0 Å². The zero-order valence-corrected chi connectivity index (χ0v) is 15.2. The number of amides is 1. The number of fused-ring (bicyclic) bond motifs is 9. The minimum Gasteiger partial charge on any atom is -0.438 e. The number of rotatable bonds is 4. The van der Waals surface area contributed by atoms with Gasteiger partial charge in [0.1, 0.15) is 16.8 Å². The van der Waals surface area contributed by atoms with Crippen molar-refractivity contribution < 1.29 is 9.21 Å².